The van der Waals surface area contributed by atoms with E-state index < -0.39 is 32.4 Å². The van der Waals surface area contributed by atoms with E-state index in [0.717, 1.165) is 17.6 Å². The fourth-order valence-electron chi connectivity index (χ4n) is 3.35. The molecule has 12 heteroatoms. The molecule has 35 heavy (non-hydrogen) atoms. The molecule has 9 nitrogen and oxygen atoms in total. The number of pyridine rings is 2. The monoisotopic (exact) mass is 530 g/mol. The number of carbonyl (C=O) groups excluding carboxylic acids is 1. The number of hydrogen-bond donors (Lipinski definition) is 2. The van der Waals surface area contributed by atoms with Crippen LogP contribution in [-0.2, 0) is 20.8 Å². The number of aromatic nitrogens is 2. The molecule has 1 aliphatic rings. The van der Waals surface area contributed by atoms with Crippen LogP contribution in [0.2, 0.25) is 0 Å². The van der Waals surface area contributed by atoms with Crippen LogP contribution >= 0.6 is 11.8 Å². The van der Waals surface area contributed by atoms with Crippen LogP contribution in [0.1, 0.15) is 19.8 Å². The number of amides is 2. The van der Waals surface area contributed by atoms with Gasteiger partial charge in [-0.1, -0.05) is 36.9 Å². The number of sulfone groups is 1. The Hall–Kier alpha value is -3.22. The van der Waals surface area contributed by atoms with E-state index in [9.17, 15) is 22.2 Å². The molecule has 0 aliphatic carbocycles. The summed E-state index contributed by atoms with van der Waals surface area (Å²) >= 11 is 1.39. The van der Waals surface area contributed by atoms with E-state index >= 15 is 0 Å². The lowest BCUT2D eigenvalue weighted by molar-refractivity contribution is 0.257. The largest absolute Gasteiger partial charge is 0.331 e. The van der Waals surface area contributed by atoms with Crippen molar-refractivity contribution in [2.45, 2.75) is 24.7 Å². The molecule has 2 aromatic heterocycles. The topological polar surface area (TPSA) is 127 Å². The molecular formula is C23H22N4O5S3. The van der Waals surface area contributed by atoms with Crippen LogP contribution in [0.4, 0.5) is 10.5 Å². The summed E-state index contributed by atoms with van der Waals surface area (Å²) in [7, 11) is -5.14. The number of benzene rings is 1. The summed E-state index contributed by atoms with van der Waals surface area (Å²) in [5.74, 6) is 0.291. The zero-order valence-electron chi connectivity index (χ0n) is 18.8. The van der Waals surface area contributed by atoms with Crippen molar-refractivity contribution >= 4 is 55.1 Å². The van der Waals surface area contributed by atoms with Gasteiger partial charge in [-0.2, -0.15) is 0 Å². The van der Waals surface area contributed by atoms with Gasteiger partial charge in [0.15, 0.2) is 20.8 Å². The Balaban J connectivity index is 1.48. The van der Waals surface area contributed by atoms with Crippen molar-refractivity contribution in [3.63, 3.8) is 0 Å². The maximum Gasteiger partial charge on any atom is 0.331 e. The number of nitrogens with zero attached hydrogens (tertiary/aromatic N) is 2. The van der Waals surface area contributed by atoms with E-state index in [1.807, 2.05) is 13.0 Å². The quantitative estimate of drug-likeness (QED) is 0.496. The molecule has 0 saturated carbocycles. The lowest BCUT2D eigenvalue weighted by atomic mass is 10.2. The number of urea groups is 1. The van der Waals surface area contributed by atoms with E-state index in [4.69, 9.17) is 0 Å². The molecular weight excluding hydrogens is 508 g/mol. The van der Waals surface area contributed by atoms with Gasteiger partial charge in [-0.15, -0.1) is 0 Å². The van der Waals surface area contributed by atoms with Crippen LogP contribution in [0, 0.1) is 0 Å². The zero-order chi connectivity index (χ0) is 25.2. The smallest absolute Gasteiger partial charge is 0.306 e. The van der Waals surface area contributed by atoms with Gasteiger partial charge in [0.25, 0.3) is 5.56 Å². The second kappa shape index (κ2) is 10.2. The van der Waals surface area contributed by atoms with Gasteiger partial charge in [0.1, 0.15) is 5.82 Å². The van der Waals surface area contributed by atoms with E-state index in [1.54, 1.807) is 24.4 Å². The average molecular weight is 531 g/mol. The van der Waals surface area contributed by atoms with Crippen LogP contribution in [-0.4, -0.2) is 34.5 Å². The number of rotatable bonds is 6. The number of thioether (sulfide) groups is 1. The van der Waals surface area contributed by atoms with Crippen molar-refractivity contribution in [2.75, 3.05) is 11.6 Å². The number of fused-ring (bicyclic) bond motifs is 1. The number of carbonyl (C=O) groups is 1. The lowest BCUT2D eigenvalue weighted by Gasteiger charge is -2.14. The highest BCUT2D eigenvalue weighted by Gasteiger charge is 2.16. The summed E-state index contributed by atoms with van der Waals surface area (Å²) in [6.45, 7) is 2.01. The van der Waals surface area contributed by atoms with Gasteiger partial charge in [0.2, 0.25) is 0 Å². The van der Waals surface area contributed by atoms with Crippen LogP contribution < -0.4 is 15.6 Å². The number of hydrogen-bond acceptors (Lipinski definition) is 7. The predicted molar refractivity (Wildman–Crippen MR) is 139 cm³/mol. The Morgan fingerprint density at radius 3 is 2.69 bits per heavy atom. The molecule has 0 fully saturated rings. The van der Waals surface area contributed by atoms with Gasteiger partial charge in [0, 0.05) is 17.8 Å². The molecule has 0 saturated heterocycles. The average Bonchev–Trinajstić information content (AvgIpc) is 2.84. The predicted octanol–water partition coefficient (Wildman–Crippen LogP) is 3.85. The van der Waals surface area contributed by atoms with Crippen LogP contribution in [0.25, 0.3) is 16.6 Å². The van der Waals surface area contributed by atoms with Crippen LogP contribution in [0.3, 0.4) is 0 Å². The third kappa shape index (κ3) is 5.72. The number of nitrogens with one attached hydrogen (secondary N) is 2. The molecule has 182 valence electrons. The SMILES string of the molecule is CCC1=CCC=C(S(=O)NC(=O)Nc2ccc(-n3ccc4ccc(S(C)(=O)=O)cc4c3=O)nc2)S1. The molecule has 0 radical (unpaired) electrons. The zero-order valence-corrected chi connectivity index (χ0v) is 21.3. The van der Waals surface area contributed by atoms with E-state index in [0.29, 0.717) is 27.5 Å². The molecule has 3 heterocycles. The summed E-state index contributed by atoms with van der Waals surface area (Å²) in [6.07, 6.45) is 9.39. The molecule has 1 aliphatic heterocycles. The van der Waals surface area contributed by atoms with E-state index in [1.165, 1.54) is 40.7 Å². The second-order valence-electron chi connectivity index (χ2n) is 7.63. The fraction of sp³-hybridized carbons (Fsp3) is 0.174. The van der Waals surface area contributed by atoms with Crippen molar-refractivity contribution < 1.29 is 17.4 Å². The van der Waals surface area contributed by atoms with Crippen molar-refractivity contribution in [3.05, 3.63) is 80.4 Å². The van der Waals surface area contributed by atoms with Gasteiger partial charge in [-0.05, 0) is 53.5 Å². The van der Waals surface area contributed by atoms with Gasteiger partial charge < -0.3 is 5.32 Å². The van der Waals surface area contributed by atoms with Gasteiger partial charge in [-0.25, -0.2) is 22.4 Å². The third-order valence-electron chi connectivity index (χ3n) is 5.14. The maximum atomic E-state index is 13.0. The number of allylic oxidation sites excluding steroid dienone is 3. The van der Waals surface area contributed by atoms with Gasteiger partial charge >= 0.3 is 6.03 Å². The summed E-state index contributed by atoms with van der Waals surface area (Å²) in [6, 6.07) is 8.53. The first-order chi connectivity index (χ1) is 16.7. The highest BCUT2D eigenvalue weighted by Crippen LogP contribution is 2.33. The standard InChI is InChI=1S/C23H22N4O5S3/c1-3-17-5-4-6-21(33-17)34(30)26-23(29)25-16-8-10-20(24-14-16)27-12-11-15-7-9-18(35(2,31)32)13-19(15)22(27)28/h5-14H,3-4H2,1-2H3,(H2,25,26,29). The van der Waals surface area contributed by atoms with Crippen molar-refractivity contribution in [1.29, 1.82) is 0 Å². The maximum absolute atomic E-state index is 13.0. The molecule has 3 aromatic rings. The fourth-order valence-corrected chi connectivity index (χ4v) is 6.08. The molecule has 2 amide bonds. The van der Waals surface area contributed by atoms with Crippen molar-refractivity contribution in [2.24, 2.45) is 0 Å². The van der Waals surface area contributed by atoms with Gasteiger partial charge in [-0.3, -0.25) is 14.1 Å². The van der Waals surface area contributed by atoms with Gasteiger partial charge in [0.05, 0.1) is 21.0 Å². The molecule has 4 rings (SSSR count). The Morgan fingerprint density at radius 2 is 2.00 bits per heavy atom. The number of anilines is 1. The van der Waals surface area contributed by atoms with E-state index in [2.05, 4.69) is 21.1 Å². The summed E-state index contributed by atoms with van der Waals surface area (Å²) in [5.41, 5.74) is -0.0797. The Bertz CT molecular complexity index is 1560. The summed E-state index contributed by atoms with van der Waals surface area (Å²) in [4.78, 5) is 30.7. The summed E-state index contributed by atoms with van der Waals surface area (Å²) < 4.78 is 40.5. The van der Waals surface area contributed by atoms with E-state index in [-0.39, 0.29) is 10.3 Å². The first-order valence-corrected chi connectivity index (χ1v) is 14.4. The minimum Gasteiger partial charge on any atom is -0.306 e. The lowest BCUT2D eigenvalue weighted by Crippen LogP contribution is -2.31. The first-order valence-electron chi connectivity index (χ1n) is 10.5. The molecule has 1 atom stereocenters. The Labute approximate surface area is 208 Å². The van der Waals surface area contributed by atoms with Crippen molar-refractivity contribution in [1.82, 2.24) is 14.3 Å². The third-order valence-corrected chi connectivity index (χ3v) is 8.94. The molecule has 0 bridgehead atoms. The summed E-state index contributed by atoms with van der Waals surface area (Å²) in [5, 5.41) is 3.43. The molecule has 1 unspecified atom stereocenters. The first kappa shape index (κ1) is 24.9. The molecule has 2 N–H and O–H groups in total. The normalized spacial score (nSPS) is 14.7. The van der Waals surface area contributed by atoms with Crippen molar-refractivity contribution in [3.8, 4) is 5.82 Å². The second-order valence-corrected chi connectivity index (χ2v) is 12.3. The van der Waals surface area contributed by atoms with Crippen LogP contribution in [0.5, 0.6) is 0 Å². The highest BCUT2D eigenvalue weighted by atomic mass is 32.2. The Morgan fingerprint density at radius 1 is 1.20 bits per heavy atom. The Kier molecular flexibility index (Phi) is 7.24. The van der Waals surface area contributed by atoms with Crippen LogP contribution in [0.15, 0.2) is 79.8 Å². The highest BCUT2D eigenvalue weighted by molar-refractivity contribution is 8.18. The molecule has 0 spiro atoms. The molecule has 1 aromatic carbocycles. The minimum absolute atomic E-state index is 0.0556. The minimum atomic E-state index is -3.47.